The molecule has 5 rings (SSSR count). The van der Waals surface area contributed by atoms with Gasteiger partial charge in [-0.3, -0.25) is 4.31 Å². The van der Waals surface area contributed by atoms with Crippen molar-refractivity contribution in [2.45, 2.75) is 23.3 Å². The summed E-state index contributed by atoms with van der Waals surface area (Å²) in [5.41, 5.74) is -1.11. The lowest BCUT2D eigenvalue weighted by Crippen LogP contribution is -2.59. The van der Waals surface area contributed by atoms with Gasteiger partial charge in [0.15, 0.2) is 0 Å². The second-order valence-corrected chi connectivity index (χ2v) is 11.7. The highest BCUT2D eigenvalue weighted by molar-refractivity contribution is 7.92. The molecule has 2 aliphatic rings. The first-order valence-electron chi connectivity index (χ1n) is 12.1. The third-order valence-corrected chi connectivity index (χ3v) is 8.96. The van der Waals surface area contributed by atoms with Crippen molar-refractivity contribution in [1.29, 1.82) is 0 Å². The summed E-state index contributed by atoms with van der Waals surface area (Å²) in [6.45, 7) is 1.64. The van der Waals surface area contributed by atoms with Gasteiger partial charge in [0.25, 0.3) is 10.0 Å². The van der Waals surface area contributed by atoms with Gasteiger partial charge in [-0.25, -0.2) is 8.42 Å². The van der Waals surface area contributed by atoms with Gasteiger partial charge in [0.2, 0.25) is 0 Å². The molecule has 0 radical (unpaired) electrons. The second kappa shape index (κ2) is 10.3. The van der Waals surface area contributed by atoms with Crippen LogP contribution < -0.4 is 14.5 Å². The van der Waals surface area contributed by atoms with E-state index in [0.29, 0.717) is 37.0 Å². The topological polar surface area (TPSA) is 52.7 Å². The number of hydrogen-bond donors (Lipinski definition) is 1. The minimum absolute atomic E-state index is 0.0333. The third-order valence-electron chi connectivity index (χ3n) is 6.85. The van der Waals surface area contributed by atoms with E-state index in [2.05, 4.69) is 5.32 Å². The summed E-state index contributed by atoms with van der Waals surface area (Å²) in [6, 6.07) is 11.5. The lowest BCUT2D eigenvalue weighted by molar-refractivity contribution is -0.138. The van der Waals surface area contributed by atoms with Crippen LogP contribution >= 0.6 is 11.6 Å². The molecule has 0 aromatic heterocycles. The van der Waals surface area contributed by atoms with Crippen LogP contribution in [0.5, 0.6) is 0 Å². The minimum Gasteiger partial charge on any atom is -0.362 e. The van der Waals surface area contributed by atoms with Crippen LogP contribution in [0.3, 0.4) is 0 Å². The van der Waals surface area contributed by atoms with Crippen molar-refractivity contribution in [1.82, 2.24) is 5.32 Å². The fourth-order valence-corrected chi connectivity index (χ4v) is 6.73. The van der Waals surface area contributed by atoms with E-state index in [4.69, 9.17) is 11.6 Å². The largest absolute Gasteiger partial charge is 0.417 e. The van der Waals surface area contributed by atoms with Crippen LogP contribution in [-0.4, -0.2) is 40.6 Å². The van der Waals surface area contributed by atoms with E-state index >= 15 is 0 Å². The molecule has 13 heteroatoms. The Morgan fingerprint density at radius 1 is 0.900 bits per heavy atom. The molecule has 5 nitrogen and oxygen atoms in total. The van der Waals surface area contributed by atoms with E-state index in [1.807, 2.05) is 4.90 Å². The molecule has 1 fully saturated rings. The molecule has 40 heavy (non-hydrogen) atoms. The van der Waals surface area contributed by atoms with Gasteiger partial charge in [0, 0.05) is 30.2 Å². The van der Waals surface area contributed by atoms with Crippen molar-refractivity contribution in [2.75, 3.05) is 35.4 Å². The number of halogens is 7. The molecule has 2 heterocycles. The first-order valence-corrected chi connectivity index (χ1v) is 13.9. The molecule has 0 aliphatic carbocycles. The maximum atomic E-state index is 13.8. The molecular weight excluding hydrogens is 580 g/mol. The van der Waals surface area contributed by atoms with Gasteiger partial charge in [-0.1, -0.05) is 42.0 Å². The molecule has 0 spiro atoms. The van der Waals surface area contributed by atoms with Gasteiger partial charge in [-0.2, -0.15) is 26.3 Å². The molecule has 1 saturated heterocycles. The van der Waals surface area contributed by atoms with Gasteiger partial charge >= 0.3 is 12.4 Å². The number of rotatable bonds is 4. The van der Waals surface area contributed by atoms with Crippen LogP contribution in [-0.2, 0) is 22.4 Å². The van der Waals surface area contributed by atoms with Crippen LogP contribution in [0.4, 0.5) is 37.7 Å². The van der Waals surface area contributed by atoms with Crippen LogP contribution in [0.15, 0.2) is 65.6 Å². The molecule has 0 unspecified atom stereocenters. The zero-order chi connectivity index (χ0) is 28.9. The molecule has 0 amide bonds. The number of benzene rings is 3. The second-order valence-electron chi connectivity index (χ2n) is 9.39. The van der Waals surface area contributed by atoms with Gasteiger partial charge < -0.3 is 10.2 Å². The van der Waals surface area contributed by atoms with Gasteiger partial charge in [-0.15, -0.1) is 0 Å². The maximum Gasteiger partial charge on any atom is 0.417 e. The molecule has 0 saturated carbocycles. The Balaban J connectivity index is 1.59. The fourth-order valence-electron chi connectivity index (χ4n) is 4.94. The van der Waals surface area contributed by atoms with E-state index < -0.39 is 38.4 Å². The molecule has 3 aromatic rings. The van der Waals surface area contributed by atoms with Gasteiger partial charge in [0.1, 0.15) is 0 Å². The summed E-state index contributed by atoms with van der Waals surface area (Å²) in [5, 5.41) is 3.09. The Labute approximate surface area is 231 Å². The lowest BCUT2D eigenvalue weighted by Gasteiger charge is -2.46. The van der Waals surface area contributed by atoms with E-state index in [1.54, 1.807) is 12.1 Å². The molecule has 1 N–H and O–H groups in total. The average molecular weight is 602 g/mol. The average Bonchev–Trinajstić information content (AvgIpc) is 2.90. The standard InChI is InChI=1S/C27H22ClF6N3O2S/c28-23-6-2-5-22(27(32,33)34)21(23)9-7-17-8-10-24-25(13-17)37(16-19-15-35-11-12-36(19)24)40(38,39)20-4-1-3-18(14-20)26(29,30)31/h1-10,13-14,19,35H,11-12,15-16H2/b9-7+/t19-/m0/s1. The zero-order valence-corrected chi connectivity index (χ0v) is 22.2. The number of nitrogens with zero attached hydrogens (tertiary/aromatic N) is 2. The summed E-state index contributed by atoms with van der Waals surface area (Å²) < 4.78 is 109. The number of hydrogen-bond acceptors (Lipinski definition) is 4. The first kappa shape index (κ1) is 28.3. The molecule has 1 atom stereocenters. The van der Waals surface area contributed by atoms with Crippen LogP contribution in [0.2, 0.25) is 5.02 Å². The SMILES string of the molecule is O=S(=O)(c1cccc(C(F)(F)F)c1)N1C[C@@H]2CNCCN2c2ccc(/C=C/c3c(Cl)cccc3C(F)(F)F)cc21. The van der Waals surface area contributed by atoms with E-state index in [9.17, 15) is 34.8 Å². The monoisotopic (exact) mass is 601 g/mol. The Bertz CT molecular complexity index is 1570. The van der Waals surface area contributed by atoms with Crippen molar-refractivity contribution < 1.29 is 34.8 Å². The summed E-state index contributed by atoms with van der Waals surface area (Å²) in [4.78, 5) is 1.50. The summed E-state index contributed by atoms with van der Waals surface area (Å²) >= 11 is 6.06. The summed E-state index contributed by atoms with van der Waals surface area (Å²) in [6.07, 6.45) is -6.79. The fraction of sp³-hybridized carbons (Fsp3) is 0.259. The maximum absolute atomic E-state index is 13.8. The van der Waals surface area contributed by atoms with Crippen LogP contribution in [0.25, 0.3) is 12.2 Å². The molecule has 2 aliphatic heterocycles. The van der Waals surface area contributed by atoms with E-state index in [-0.39, 0.29) is 28.9 Å². The molecule has 212 valence electrons. The smallest absolute Gasteiger partial charge is 0.362 e. The molecular formula is C27H22ClF6N3O2S. The van der Waals surface area contributed by atoms with Crippen molar-refractivity contribution in [3.63, 3.8) is 0 Å². The van der Waals surface area contributed by atoms with Gasteiger partial charge in [0.05, 0.1) is 40.0 Å². The first-order chi connectivity index (χ1) is 18.8. The van der Waals surface area contributed by atoms with Crippen molar-refractivity contribution in [3.05, 3.63) is 87.9 Å². The number of fused-ring (bicyclic) bond motifs is 3. The van der Waals surface area contributed by atoms with Crippen molar-refractivity contribution >= 4 is 45.2 Å². The van der Waals surface area contributed by atoms with Crippen molar-refractivity contribution in [3.8, 4) is 0 Å². The molecule has 3 aromatic carbocycles. The van der Waals surface area contributed by atoms with Crippen LogP contribution in [0, 0.1) is 0 Å². The third kappa shape index (κ3) is 5.39. The predicted molar refractivity (Wildman–Crippen MR) is 142 cm³/mol. The highest BCUT2D eigenvalue weighted by Gasteiger charge is 2.39. The van der Waals surface area contributed by atoms with E-state index in [1.165, 1.54) is 30.4 Å². The normalized spacial score (nSPS) is 18.1. The highest BCUT2D eigenvalue weighted by Crippen LogP contribution is 2.41. The Hall–Kier alpha value is -3.22. The van der Waals surface area contributed by atoms with Crippen molar-refractivity contribution in [2.24, 2.45) is 0 Å². The van der Waals surface area contributed by atoms with Crippen LogP contribution in [0.1, 0.15) is 22.3 Å². The number of piperazine rings is 1. The Morgan fingerprint density at radius 3 is 2.38 bits per heavy atom. The number of alkyl halides is 6. The van der Waals surface area contributed by atoms with Gasteiger partial charge in [-0.05, 0) is 48.0 Å². The highest BCUT2D eigenvalue weighted by atomic mass is 35.5. The molecule has 0 bridgehead atoms. The summed E-state index contributed by atoms with van der Waals surface area (Å²) in [7, 11) is -4.44. The number of anilines is 2. The Morgan fingerprint density at radius 2 is 1.65 bits per heavy atom. The Kier molecular flexibility index (Phi) is 7.30. The van der Waals surface area contributed by atoms with E-state index in [0.717, 1.165) is 28.6 Å². The minimum atomic E-state index is -4.73. The predicted octanol–water partition coefficient (Wildman–Crippen LogP) is 6.54. The quantitative estimate of drug-likeness (QED) is 0.273. The summed E-state index contributed by atoms with van der Waals surface area (Å²) in [5.74, 6) is 0. The lowest BCUT2D eigenvalue weighted by atomic mass is 10.0. The number of sulfonamides is 1. The zero-order valence-electron chi connectivity index (χ0n) is 20.6. The number of nitrogens with one attached hydrogen (secondary N) is 1.